The summed E-state index contributed by atoms with van der Waals surface area (Å²) in [4.78, 5) is 2.40. The molecule has 0 spiro atoms. The van der Waals surface area contributed by atoms with Gasteiger partial charge in [-0.2, -0.15) is 0 Å². The molecule has 1 fully saturated rings. The lowest BCUT2D eigenvalue weighted by molar-refractivity contribution is -0.227. The Labute approximate surface area is 79.0 Å². The molecule has 1 rings (SSSR count). The number of azide groups is 1. The Hall–Kier alpha value is -0.890. The number of hydrogen-bond acceptors (Lipinski definition) is 6. The molecule has 0 aromatic carbocycles. The highest BCUT2D eigenvalue weighted by Gasteiger charge is 2.42. The van der Waals surface area contributed by atoms with E-state index in [1.165, 1.54) is 0 Å². The predicted octanol–water partition coefficient (Wildman–Crippen LogP) is -1.90. The predicted molar refractivity (Wildman–Crippen MR) is 42.9 cm³/mol. The van der Waals surface area contributed by atoms with Crippen LogP contribution >= 0.6 is 0 Å². The molecule has 1 heterocycles. The Balaban J connectivity index is 2.77. The van der Waals surface area contributed by atoms with Crippen LogP contribution in [0.5, 0.6) is 0 Å². The van der Waals surface area contributed by atoms with Gasteiger partial charge in [0.25, 0.3) is 0 Å². The first-order valence-corrected chi connectivity index (χ1v) is 3.96. The van der Waals surface area contributed by atoms with Crippen LogP contribution < -0.4 is 0 Å². The molecule has 1 saturated heterocycles. The van der Waals surface area contributed by atoms with Crippen molar-refractivity contribution in [3.8, 4) is 0 Å². The summed E-state index contributed by atoms with van der Waals surface area (Å²) >= 11 is 0. The van der Waals surface area contributed by atoms with Crippen LogP contribution in [0.15, 0.2) is 5.11 Å². The van der Waals surface area contributed by atoms with E-state index in [9.17, 15) is 15.3 Å². The van der Waals surface area contributed by atoms with Crippen LogP contribution in [-0.4, -0.2) is 57.7 Å². The zero-order valence-corrected chi connectivity index (χ0v) is 7.13. The van der Waals surface area contributed by atoms with Crippen LogP contribution in [0.3, 0.4) is 0 Å². The monoisotopic (exact) mass is 205 g/mol. The van der Waals surface area contributed by atoms with E-state index in [1.807, 2.05) is 0 Å². The summed E-state index contributed by atoms with van der Waals surface area (Å²) in [7, 11) is 0. The van der Waals surface area contributed by atoms with Crippen LogP contribution in [0.2, 0.25) is 0 Å². The van der Waals surface area contributed by atoms with Gasteiger partial charge in [-0.1, -0.05) is 5.11 Å². The quantitative estimate of drug-likeness (QED) is 0.237. The fourth-order valence-corrected chi connectivity index (χ4v) is 1.23. The van der Waals surface area contributed by atoms with E-state index in [1.54, 1.807) is 0 Å². The van der Waals surface area contributed by atoms with Crippen molar-refractivity contribution in [2.75, 3.05) is 6.61 Å². The first-order valence-electron chi connectivity index (χ1n) is 3.96. The molecule has 0 bridgehead atoms. The zero-order valence-electron chi connectivity index (χ0n) is 7.13. The Morgan fingerprint density at radius 3 is 2.36 bits per heavy atom. The minimum Gasteiger partial charge on any atom is -0.394 e. The first kappa shape index (κ1) is 11.2. The molecule has 1 unspecified atom stereocenters. The second-order valence-corrected chi connectivity index (χ2v) is 2.92. The largest absolute Gasteiger partial charge is 0.394 e. The van der Waals surface area contributed by atoms with E-state index in [2.05, 4.69) is 10.0 Å². The molecule has 5 atom stereocenters. The second kappa shape index (κ2) is 4.56. The maximum atomic E-state index is 9.27. The Kier molecular flexibility index (Phi) is 3.64. The van der Waals surface area contributed by atoms with Gasteiger partial charge in [0, 0.05) is 4.91 Å². The van der Waals surface area contributed by atoms with E-state index in [0.29, 0.717) is 0 Å². The van der Waals surface area contributed by atoms with E-state index in [4.69, 9.17) is 15.4 Å². The topological polar surface area (TPSA) is 139 Å². The van der Waals surface area contributed by atoms with Crippen molar-refractivity contribution >= 4 is 0 Å². The van der Waals surface area contributed by atoms with Crippen LogP contribution in [0.4, 0.5) is 0 Å². The number of nitrogens with zero attached hydrogens (tertiary/aromatic N) is 3. The number of ether oxygens (including phenoxy) is 1. The minimum atomic E-state index is -1.50. The first-order chi connectivity index (χ1) is 6.61. The molecule has 1 aliphatic rings. The van der Waals surface area contributed by atoms with E-state index < -0.39 is 37.3 Å². The van der Waals surface area contributed by atoms with E-state index in [0.717, 1.165) is 0 Å². The molecule has 80 valence electrons. The summed E-state index contributed by atoms with van der Waals surface area (Å²) < 4.78 is 4.84. The molecular weight excluding hydrogens is 194 g/mol. The summed E-state index contributed by atoms with van der Waals surface area (Å²) in [5.74, 6) is 0. The lowest BCUT2D eigenvalue weighted by Gasteiger charge is -2.37. The molecule has 0 amide bonds. The van der Waals surface area contributed by atoms with Crippen molar-refractivity contribution in [1.82, 2.24) is 0 Å². The Bertz CT molecular complexity index is 242. The van der Waals surface area contributed by atoms with Gasteiger partial charge in [-0.3, -0.25) is 0 Å². The highest BCUT2D eigenvalue weighted by Crippen LogP contribution is 2.21. The maximum Gasteiger partial charge on any atom is 0.165 e. The second-order valence-electron chi connectivity index (χ2n) is 2.92. The summed E-state index contributed by atoms with van der Waals surface area (Å²) in [6, 6.07) is 0. The van der Waals surface area contributed by atoms with Gasteiger partial charge in [0.15, 0.2) is 6.23 Å². The van der Waals surface area contributed by atoms with Crippen LogP contribution in [0.25, 0.3) is 10.4 Å². The minimum absolute atomic E-state index is 0.539. The fraction of sp³-hybridized carbons (Fsp3) is 1.00. The molecule has 4 N–H and O–H groups in total. The highest BCUT2D eigenvalue weighted by molar-refractivity contribution is 4.90. The van der Waals surface area contributed by atoms with Gasteiger partial charge in [-0.25, -0.2) is 0 Å². The van der Waals surface area contributed by atoms with E-state index >= 15 is 0 Å². The van der Waals surface area contributed by atoms with Crippen LogP contribution in [0.1, 0.15) is 0 Å². The van der Waals surface area contributed by atoms with Gasteiger partial charge in [-0.05, 0) is 5.53 Å². The summed E-state index contributed by atoms with van der Waals surface area (Å²) in [5, 5.41) is 39.6. The third-order valence-electron chi connectivity index (χ3n) is 2.03. The summed E-state index contributed by atoms with van der Waals surface area (Å²) in [6.45, 7) is -0.539. The normalized spacial score (nSPS) is 43.0. The van der Waals surface area contributed by atoms with Crippen molar-refractivity contribution in [3.63, 3.8) is 0 Å². The summed E-state index contributed by atoms with van der Waals surface area (Å²) in [6.07, 6.45) is -6.76. The average Bonchev–Trinajstić information content (AvgIpc) is 2.19. The third kappa shape index (κ3) is 1.95. The number of rotatable bonds is 2. The Morgan fingerprint density at radius 2 is 1.86 bits per heavy atom. The third-order valence-corrected chi connectivity index (χ3v) is 2.03. The lowest BCUT2D eigenvalue weighted by atomic mass is 9.99. The van der Waals surface area contributed by atoms with Gasteiger partial charge in [0.1, 0.15) is 24.4 Å². The molecular formula is C6H11N3O5. The molecule has 14 heavy (non-hydrogen) atoms. The molecule has 8 nitrogen and oxygen atoms in total. The van der Waals surface area contributed by atoms with Crippen molar-refractivity contribution in [2.45, 2.75) is 30.6 Å². The van der Waals surface area contributed by atoms with E-state index in [-0.39, 0.29) is 0 Å². The molecule has 0 saturated carbocycles. The molecule has 0 aliphatic carbocycles. The van der Waals surface area contributed by atoms with Crippen molar-refractivity contribution in [1.29, 1.82) is 0 Å². The van der Waals surface area contributed by atoms with Gasteiger partial charge < -0.3 is 25.2 Å². The Morgan fingerprint density at radius 1 is 1.21 bits per heavy atom. The van der Waals surface area contributed by atoms with Gasteiger partial charge in [-0.15, -0.1) is 0 Å². The number of hydrogen-bond donors (Lipinski definition) is 4. The highest BCUT2D eigenvalue weighted by atomic mass is 16.6. The van der Waals surface area contributed by atoms with Crippen molar-refractivity contribution in [3.05, 3.63) is 10.4 Å². The van der Waals surface area contributed by atoms with Gasteiger partial charge in [0.05, 0.1) is 6.61 Å². The van der Waals surface area contributed by atoms with Gasteiger partial charge >= 0.3 is 0 Å². The van der Waals surface area contributed by atoms with Crippen LogP contribution in [-0.2, 0) is 4.74 Å². The molecule has 1 aliphatic heterocycles. The fourth-order valence-electron chi connectivity index (χ4n) is 1.23. The van der Waals surface area contributed by atoms with Gasteiger partial charge in [0.2, 0.25) is 0 Å². The molecule has 0 radical (unpaired) electrons. The SMILES string of the molecule is [N-]=[N+]=NC1O[C@H](CO)[C@@H](O)[C@H](O)[C@@H]1O. The van der Waals surface area contributed by atoms with Crippen molar-refractivity contribution < 1.29 is 25.2 Å². The molecule has 0 aromatic heterocycles. The van der Waals surface area contributed by atoms with Crippen molar-refractivity contribution in [2.24, 2.45) is 5.11 Å². The lowest BCUT2D eigenvalue weighted by Crippen LogP contribution is -2.57. The summed E-state index contributed by atoms with van der Waals surface area (Å²) in [5.41, 5.74) is 8.11. The average molecular weight is 205 g/mol. The number of aliphatic hydroxyl groups excluding tert-OH is 4. The smallest absolute Gasteiger partial charge is 0.165 e. The molecule has 8 heteroatoms. The van der Waals surface area contributed by atoms with Crippen LogP contribution in [0, 0.1) is 0 Å². The number of aliphatic hydroxyl groups is 4. The standard InChI is InChI=1S/C6H11N3O5/c7-9-8-6-5(13)4(12)3(11)2(1-10)14-6/h2-6,10-13H,1H2/t2-,3-,4+,5+,6?/m1/s1. The zero-order chi connectivity index (χ0) is 10.7. The molecule has 0 aromatic rings. The maximum absolute atomic E-state index is 9.27.